The van der Waals surface area contributed by atoms with Gasteiger partial charge in [0, 0.05) is 22.2 Å². The van der Waals surface area contributed by atoms with Gasteiger partial charge in [-0.3, -0.25) is 13.9 Å². The largest absolute Gasteiger partial charge is 0.453 e. The summed E-state index contributed by atoms with van der Waals surface area (Å²) in [7, 11) is -3.73. The number of H-pyrrole nitrogens is 1. The third kappa shape index (κ3) is 4.38. The minimum atomic E-state index is -3.73. The SMILES string of the molecule is Cc1ccccc1N(CC(=O)OC(C)C(=O)c1c(C)[nH]c2ccccc12)S(C)(=O)=O. The summed E-state index contributed by atoms with van der Waals surface area (Å²) in [6.45, 7) is 4.50. The molecule has 0 fully saturated rings. The molecule has 1 unspecified atom stereocenters. The molecule has 3 aromatic rings. The molecule has 2 aromatic carbocycles. The van der Waals surface area contributed by atoms with Crippen LogP contribution in [0.4, 0.5) is 5.69 Å². The number of aromatic amines is 1. The average Bonchev–Trinajstić information content (AvgIpc) is 3.01. The van der Waals surface area contributed by atoms with Crippen molar-refractivity contribution in [3.05, 3.63) is 65.4 Å². The number of aromatic nitrogens is 1. The smallest absolute Gasteiger partial charge is 0.327 e. The fourth-order valence-corrected chi connectivity index (χ4v) is 4.33. The molecule has 1 aromatic heterocycles. The van der Waals surface area contributed by atoms with E-state index in [1.54, 1.807) is 38.1 Å². The standard InChI is InChI=1S/C22H24N2O5S/c1-14-9-5-8-12-19(14)24(30(4,27)28)13-20(25)29-16(3)22(26)21-15(2)23-18-11-7-6-10-17(18)21/h5-12,16,23H,13H2,1-4H3. The predicted octanol–water partition coefficient (Wildman–Crippen LogP) is 3.37. The van der Waals surface area contributed by atoms with E-state index in [0.717, 1.165) is 21.5 Å². The lowest BCUT2D eigenvalue weighted by atomic mass is 10.0. The van der Waals surface area contributed by atoms with Crippen molar-refractivity contribution in [2.75, 3.05) is 17.1 Å². The zero-order valence-electron chi connectivity index (χ0n) is 17.3. The Bertz CT molecular complexity index is 1210. The number of ether oxygens (including phenoxy) is 1. The topological polar surface area (TPSA) is 96.5 Å². The maximum atomic E-state index is 13.0. The molecule has 158 valence electrons. The summed E-state index contributed by atoms with van der Waals surface area (Å²) in [6.07, 6.45) is -0.0370. The highest BCUT2D eigenvalue weighted by molar-refractivity contribution is 7.92. The molecule has 0 radical (unpaired) electrons. The van der Waals surface area contributed by atoms with Gasteiger partial charge in [0.05, 0.1) is 11.9 Å². The van der Waals surface area contributed by atoms with Gasteiger partial charge in [-0.25, -0.2) is 8.42 Å². The van der Waals surface area contributed by atoms with E-state index in [-0.39, 0.29) is 5.78 Å². The van der Waals surface area contributed by atoms with Gasteiger partial charge in [-0.2, -0.15) is 0 Å². The van der Waals surface area contributed by atoms with Crippen molar-refractivity contribution in [1.29, 1.82) is 0 Å². The number of nitrogens with zero attached hydrogens (tertiary/aromatic N) is 1. The number of fused-ring (bicyclic) bond motifs is 1. The number of rotatable bonds is 7. The van der Waals surface area contributed by atoms with E-state index in [0.29, 0.717) is 22.5 Å². The van der Waals surface area contributed by atoms with Crippen LogP contribution in [-0.4, -0.2) is 44.1 Å². The number of sulfonamides is 1. The zero-order valence-corrected chi connectivity index (χ0v) is 18.1. The van der Waals surface area contributed by atoms with E-state index in [2.05, 4.69) is 4.98 Å². The Labute approximate surface area is 175 Å². The first-order valence-electron chi connectivity index (χ1n) is 9.44. The van der Waals surface area contributed by atoms with Crippen molar-refractivity contribution in [2.24, 2.45) is 0 Å². The molecule has 0 aliphatic carbocycles. The number of hydrogen-bond donors (Lipinski definition) is 1. The number of ketones is 1. The number of aryl methyl sites for hydroxylation is 2. The van der Waals surface area contributed by atoms with E-state index >= 15 is 0 Å². The molecule has 0 aliphatic heterocycles. The zero-order chi connectivity index (χ0) is 22.1. The van der Waals surface area contributed by atoms with E-state index in [1.807, 2.05) is 24.3 Å². The molecule has 0 bridgehead atoms. The molecule has 7 nitrogen and oxygen atoms in total. The van der Waals surface area contributed by atoms with Crippen LogP contribution in [0.5, 0.6) is 0 Å². The second kappa shape index (κ2) is 8.31. The summed E-state index contributed by atoms with van der Waals surface area (Å²) in [4.78, 5) is 28.6. The van der Waals surface area contributed by atoms with Crippen LogP contribution >= 0.6 is 0 Å². The fraction of sp³-hybridized carbons (Fsp3) is 0.273. The minimum absolute atomic E-state index is 0.347. The van der Waals surface area contributed by atoms with Gasteiger partial charge < -0.3 is 9.72 Å². The van der Waals surface area contributed by atoms with Gasteiger partial charge in [-0.15, -0.1) is 0 Å². The first kappa shape index (κ1) is 21.6. The number of esters is 1. The van der Waals surface area contributed by atoms with Gasteiger partial charge in [0.25, 0.3) is 0 Å². The number of Topliss-reactive ketones (excluding diaryl/α,β-unsaturated/α-hetero) is 1. The first-order valence-corrected chi connectivity index (χ1v) is 11.3. The minimum Gasteiger partial charge on any atom is -0.453 e. The highest BCUT2D eigenvalue weighted by Gasteiger charge is 2.27. The van der Waals surface area contributed by atoms with Gasteiger partial charge in [0.15, 0.2) is 6.10 Å². The van der Waals surface area contributed by atoms with Crippen molar-refractivity contribution in [3.63, 3.8) is 0 Å². The van der Waals surface area contributed by atoms with Crippen molar-refractivity contribution >= 4 is 38.4 Å². The normalized spacial score (nSPS) is 12.5. The van der Waals surface area contributed by atoms with Crippen LogP contribution < -0.4 is 4.31 Å². The van der Waals surface area contributed by atoms with Gasteiger partial charge in [-0.1, -0.05) is 36.4 Å². The maximum absolute atomic E-state index is 13.0. The number of benzene rings is 2. The second-order valence-corrected chi connectivity index (χ2v) is 9.13. The monoisotopic (exact) mass is 428 g/mol. The van der Waals surface area contributed by atoms with Crippen molar-refractivity contribution < 1.29 is 22.7 Å². The number of hydrogen-bond acceptors (Lipinski definition) is 5. The lowest BCUT2D eigenvalue weighted by Gasteiger charge is -2.24. The number of carbonyl (C=O) groups is 2. The molecule has 1 atom stereocenters. The number of anilines is 1. The maximum Gasteiger partial charge on any atom is 0.327 e. The van der Waals surface area contributed by atoms with Crippen LogP contribution in [0.1, 0.15) is 28.5 Å². The number of carbonyl (C=O) groups excluding carboxylic acids is 2. The van der Waals surface area contributed by atoms with Gasteiger partial charge >= 0.3 is 5.97 Å². The Morgan fingerprint density at radius 1 is 1.07 bits per heavy atom. The second-order valence-electron chi connectivity index (χ2n) is 7.22. The molecule has 0 amide bonds. The summed E-state index contributed by atoms with van der Waals surface area (Å²) in [5, 5.41) is 0.751. The van der Waals surface area contributed by atoms with Crippen LogP contribution in [0.15, 0.2) is 48.5 Å². The third-order valence-corrected chi connectivity index (χ3v) is 6.00. The van der Waals surface area contributed by atoms with E-state index in [4.69, 9.17) is 4.74 Å². The Morgan fingerprint density at radius 2 is 1.70 bits per heavy atom. The van der Waals surface area contributed by atoms with E-state index in [9.17, 15) is 18.0 Å². The summed E-state index contributed by atoms with van der Waals surface area (Å²) in [6, 6.07) is 14.2. The first-order chi connectivity index (χ1) is 14.1. The Balaban J connectivity index is 1.80. The van der Waals surface area contributed by atoms with Crippen molar-refractivity contribution in [1.82, 2.24) is 4.98 Å². The third-order valence-electron chi connectivity index (χ3n) is 4.87. The molecule has 30 heavy (non-hydrogen) atoms. The Hall–Kier alpha value is -3.13. The lowest BCUT2D eigenvalue weighted by molar-refractivity contribution is -0.144. The lowest BCUT2D eigenvalue weighted by Crippen LogP contribution is -2.38. The molecule has 0 saturated heterocycles. The van der Waals surface area contributed by atoms with E-state index < -0.39 is 28.6 Å². The average molecular weight is 429 g/mol. The summed E-state index contributed by atoms with van der Waals surface area (Å²) in [5.41, 5.74) is 3.06. The van der Waals surface area contributed by atoms with Gasteiger partial charge in [0.1, 0.15) is 6.54 Å². The molecule has 1 N–H and O–H groups in total. The quantitative estimate of drug-likeness (QED) is 0.460. The molecule has 0 saturated carbocycles. The summed E-state index contributed by atoms with van der Waals surface area (Å²) in [5.74, 6) is -1.15. The van der Waals surface area contributed by atoms with Crippen molar-refractivity contribution in [2.45, 2.75) is 26.9 Å². The summed E-state index contributed by atoms with van der Waals surface area (Å²) >= 11 is 0. The molecule has 8 heteroatoms. The van der Waals surface area contributed by atoms with Gasteiger partial charge in [-0.05, 0) is 38.5 Å². The van der Waals surface area contributed by atoms with Crippen LogP contribution in [-0.2, 0) is 19.6 Å². The molecular formula is C22H24N2O5S. The van der Waals surface area contributed by atoms with Gasteiger partial charge in [0.2, 0.25) is 15.8 Å². The Morgan fingerprint density at radius 3 is 2.37 bits per heavy atom. The van der Waals surface area contributed by atoms with Crippen LogP contribution in [0.25, 0.3) is 10.9 Å². The van der Waals surface area contributed by atoms with Crippen LogP contribution in [0.2, 0.25) is 0 Å². The Kier molecular flexibility index (Phi) is 5.98. The summed E-state index contributed by atoms with van der Waals surface area (Å²) < 4.78 is 30.8. The van der Waals surface area contributed by atoms with Crippen LogP contribution in [0.3, 0.4) is 0 Å². The molecule has 0 spiro atoms. The fourth-order valence-electron chi connectivity index (χ4n) is 3.43. The number of para-hydroxylation sites is 2. The molecular weight excluding hydrogens is 404 g/mol. The highest BCUT2D eigenvalue weighted by Crippen LogP contribution is 2.25. The highest BCUT2D eigenvalue weighted by atomic mass is 32.2. The van der Waals surface area contributed by atoms with Crippen LogP contribution in [0, 0.1) is 13.8 Å². The molecule has 3 rings (SSSR count). The van der Waals surface area contributed by atoms with E-state index in [1.165, 1.54) is 6.92 Å². The number of nitrogens with one attached hydrogen (secondary N) is 1. The van der Waals surface area contributed by atoms with Crippen molar-refractivity contribution in [3.8, 4) is 0 Å². The molecule has 1 heterocycles. The molecule has 0 aliphatic rings. The predicted molar refractivity (Wildman–Crippen MR) is 116 cm³/mol.